The van der Waals surface area contributed by atoms with Crippen LogP contribution in [0.4, 0.5) is 0 Å². The van der Waals surface area contributed by atoms with Crippen molar-refractivity contribution >= 4 is 50.9 Å². The number of amides is 3. The van der Waals surface area contributed by atoms with Crippen LogP contribution in [-0.2, 0) is 26.2 Å². The predicted molar refractivity (Wildman–Crippen MR) is 138 cm³/mol. The maximum Gasteiger partial charge on any atom is 0.269 e. The zero-order valence-electron chi connectivity index (χ0n) is 20.3. The minimum atomic E-state index is -4.05. The molecular formula is C25H29Cl2N3O5S. The number of sulfonamides is 1. The van der Waals surface area contributed by atoms with Crippen LogP contribution in [0.5, 0.6) is 0 Å². The highest BCUT2D eigenvalue weighted by molar-refractivity contribution is 7.90. The van der Waals surface area contributed by atoms with Crippen molar-refractivity contribution in [1.29, 1.82) is 0 Å². The molecule has 2 atom stereocenters. The summed E-state index contributed by atoms with van der Waals surface area (Å²) < 4.78 is 26.5. The number of fused-ring (bicyclic) bond motifs is 1. The summed E-state index contributed by atoms with van der Waals surface area (Å²) in [6.07, 6.45) is 0.771. The van der Waals surface area contributed by atoms with E-state index in [0.717, 1.165) is 6.42 Å². The minimum Gasteiger partial charge on any atom is -0.352 e. The van der Waals surface area contributed by atoms with Gasteiger partial charge in [0.05, 0.1) is 15.6 Å². The van der Waals surface area contributed by atoms with E-state index in [1.165, 1.54) is 17.0 Å². The first kappa shape index (κ1) is 28.0. The molecule has 1 heterocycles. The summed E-state index contributed by atoms with van der Waals surface area (Å²) in [7, 11) is -4.05. The number of hydrogen-bond donors (Lipinski definition) is 1. The molecule has 2 aromatic carbocycles. The topological polar surface area (TPSA) is 104 Å². The molecule has 8 nitrogen and oxygen atoms in total. The third kappa shape index (κ3) is 5.85. The second-order valence-electron chi connectivity index (χ2n) is 8.64. The normalized spacial score (nSPS) is 15.8. The zero-order chi connectivity index (χ0) is 26.6. The molecule has 0 spiro atoms. The third-order valence-electron chi connectivity index (χ3n) is 6.16. The van der Waals surface area contributed by atoms with Gasteiger partial charge in [-0.05, 0) is 49.6 Å². The SMILES string of the molecule is CC[C@H](C(=O)N[C@@H](C)CC)N(Cc1ccc(Cl)c(Cl)c1)C(=O)CCN1C(=O)c2ccccc2S1(=O)=O. The Bertz CT molecular complexity index is 1270. The maximum absolute atomic E-state index is 13.5. The molecule has 0 fully saturated rings. The highest BCUT2D eigenvalue weighted by Gasteiger charge is 2.41. The molecule has 0 unspecified atom stereocenters. The summed E-state index contributed by atoms with van der Waals surface area (Å²) in [6.45, 7) is 5.33. The molecule has 0 saturated heterocycles. The van der Waals surface area contributed by atoms with Crippen molar-refractivity contribution in [3.63, 3.8) is 0 Å². The van der Waals surface area contributed by atoms with Crippen molar-refractivity contribution in [3.05, 3.63) is 63.6 Å². The molecule has 0 aliphatic carbocycles. The maximum atomic E-state index is 13.5. The van der Waals surface area contributed by atoms with Crippen LogP contribution in [-0.4, -0.2) is 54.0 Å². The van der Waals surface area contributed by atoms with E-state index in [1.807, 2.05) is 13.8 Å². The van der Waals surface area contributed by atoms with Crippen molar-refractivity contribution in [3.8, 4) is 0 Å². The van der Waals surface area contributed by atoms with Gasteiger partial charge in [0.2, 0.25) is 11.8 Å². The van der Waals surface area contributed by atoms with Crippen molar-refractivity contribution in [2.24, 2.45) is 0 Å². The molecule has 0 saturated carbocycles. The highest BCUT2D eigenvalue weighted by atomic mass is 35.5. The monoisotopic (exact) mass is 553 g/mol. The van der Waals surface area contributed by atoms with Crippen LogP contribution in [0, 0.1) is 0 Å². The van der Waals surface area contributed by atoms with Gasteiger partial charge in [-0.25, -0.2) is 12.7 Å². The van der Waals surface area contributed by atoms with Gasteiger partial charge in [0, 0.05) is 25.6 Å². The smallest absolute Gasteiger partial charge is 0.269 e. The first-order valence-electron chi connectivity index (χ1n) is 11.7. The van der Waals surface area contributed by atoms with Gasteiger partial charge in [-0.3, -0.25) is 14.4 Å². The molecule has 11 heteroatoms. The highest BCUT2D eigenvalue weighted by Crippen LogP contribution is 2.30. The van der Waals surface area contributed by atoms with Crippen LogP contribution >= 0.6 is 23.2 Å². The average Bonchev–Trinajstić information content (AvgIpc) is 3.04. The molecule has 0 aromatic heterocycles. The van der Waals surface area contributed by atoms with Gasteiger partial charge in [0.25, 0.3) is 15.9 Å². The van der Waals surface area contributed by atoms with Crippen LogP contribution in [0.25, 0.3) is 0 Å². The molecule has 2 aromatic rings. The van der Waals surface area contributed by atoms with Gasteiger partial charge in [0.1, 0.15) is 10.9 Å². The van der Waals surface area contributed by atoms with Crippen LogP contribution in [0.15, 0.2) is 47.4 Å². The van der Waals surface area contributed by atoms with Gasteiger partial charge in [-0.1, -0.05) is 55.2 Å². The number of carbonyl (C=O) groups is 3. The number of halogens is 2. The van der Waals surface area contributed by atoms with Crippen LogP contribution < -0.4 is 5.32 Å². The first-order chi connectivity index (χ1) is 17.0. The van der Waals surface area contributed by atoms with Crippen molar-refractivity contribution in [2.45, 2.75) is 63.6 Å². The number of nitrogens with zero attached hydrogens (tertiary/aromatic N) is 2. The summed E-state index contributed by atoms with van der Waals surface area (Å²) in [5.41, 5.74) is 0.738. The van der Waals surface area contributed by atoms with E-state index in [9.17, 15) is 22.8 Å². The second-order valence-corrected chi connectivity index (χ2v) is 11.3. The van der Waals surface area contributed by atoms with E-state index in [4.69, 9.17) is 23.2 Å². The quantitative estimate of drug-likeness (QED) is 0.473. The molecule has 194 valence electrons. The van der Waals surface area contributed by atoms with E-state index in [0.29, 0.717) is 26.3 Å². The third-order valence-corrected chi connectivity index (χ3v) is 8.74. The lowest BCUT2D eigenvalue weighted by Gasteiger charge is -2.32. The number of benzene rings is 2. The number of nitrogens with one attached hydrogen (secondary N) is 1. The Morgan fingerprint density at radius 1 is 1.06 bits per heavy atom. The van der Waals surface area contributed by atoms with Crippen LogP contribution in [0.3, 0.4) is 0 Å². The van der Waals surface area contributed by atoms with Gasteiger partial charge < -0.3 is 10.2 Å². The minimum absolute atomic E-state index is 0.0586. The van der Waals surface area contributed by atoms with E-state index < -0.39 is 27.9 Å². The van der Waals surface area contributed by atoms with E-state index >= 15 is 0 Å². The molecule has 1 aliphatic rings. The van der Waals surface area contributed by atoms with Crippen molar-refractivity contribution in [1.82, 2.24) is 14.5 Å². The molecule has 0 bridgehead atoms. The van der Waals surface area contributed by atoms with Crippen LogP contribution in [0.2, 0.25) is 10.0 Å². The van der Waals surface area contributed by atoms with Gasteiger partial charge >= 0.3 is 0 Å². The Labute approximate surface area is 221 Å². The fourth-order valence-corrected chi connectivity index (χ4v) is 5.88. The number of rotatable bonds is 10. The average molecular weight is 554 g/mol. The molecule has 0 radical (unpaired) electrons. The summed E-state index contributed by atoms with van der Waals surface area (Å²) >= 11 is 12.2. The standard InChI is InChI=1S/C25H29Cl2N3O5S/c1-4-16(3)28-24(32)21(5-2)29(15-17-10-11-19(26)20(27)14-17)23(31)12-13-30-25(33)18-8-6-7-9-22(18)36(30,34)35/h6-11,14,16,21H,4-5,12-13,15H2,1-3H3,(H,28,32)/t16-,21+/m0/s1. The van der Waals surface area contributed by atoms with E-state index in [1.54, 1.807) is 37.3 Å². The summed E-state index contributed by atoms with van der Waals surface area (Å²) in [5.74, 6) is -1.44. The lowest BCUT2D eigenvalue weighted by molar-refractivity contribution is -0.141. The lowest BCUT2D eigenvalue weighted by Crippen LogP contribution is -2.51. The Morgan fingerprint density at radius 2 is 1.75 bits per heavy atom. The van der Waals surface area contributed by atoms with Gasteiger partial charge in [0.15, 0.2) is 0 Å². The second kappa shape index (κ2) is 11.6. The summed E-state index contributed by atoms with van der Waals surface area (Å²) in [5, 5.41) is 3.58. The molecule has 1 aliphatic heterocycles. The lowest BCUT2D eigenvalue weighted by atomic mass is 10.1. The van der Waals surface area contributed by atoms with Gasteiger partial charge in [-0.2, -0.15) is 0 Å². The number of hydrogen-bond acceptors (Lipinski definition) is 5. The largest absolute Gasteiger partial charge is 0.352 e. The van der Waals surface area contributed by atoms with Crippen molar-refractivity contribution in [2.75, 3.05) is 6.54 Å². The summed E-state index contributed by atoms with van der Waals surface area (Å²) in [4.78, 5) is 40.6. The van der Waals surface area contributed by atoms with Crippen molar-refractivity contribution < 1.29 is 22.8 Å². The Hall–Kier alpha value is -2.62. The zero-order valence-corrected chi connectivity index (χ0v) is 22.7. The summed E-state index contributed by atoms with van der Waals surface area (Å²) in [6, 6.07) is 9.99. The Balaban J connectivity index is 1.85. The Kier molecular flexibility index (Phi) is 9.03. The fraction of sp³-hybridized carbons (Fsp3) is 0.400. The van der Waals surface area contributed by atoms with Crippen LogP contribution in [0.1, 0.15) is 56.0 Å². The Morgan fingerprint density at radius 3 is 2.36 bits per heavy atom. The molecule has 36 heavy (non-hydrogen) atoms. The number of carbonyl (C=O) groups excluding carboxylic acids is 3. The molecule has 3 rings (SSSR count). The fourth-order valence-electron chi connectivity index (χ4n) is 3.99. The van der Waals surface area contributed by atoms with E-state index in [2.05, 4.69) is 5.32 Å². The van der Waals surface area contributed by atoms with Gasteiger partial charge in [-0.15, -0.1) is 0 Å². The predicted octanol–water partition coefficient (Wildman–Crippen LogP) is 4.25. The molecule has 3 amide bonds. The van der Waals surface area contributed by atoms with E-state index in [-0.39, 0.29) is 41.9 Å². The molecule has 1 N–H and O–H groups in total. The first-order valence-corrected chi connectivity index (χ1v) is 13.9. The molecular weight excluding hydrogens is 525 g/mol.